The van der Waals surface area contributed by atoms with E-state index in [0.29, 0.717) is 11.8 Å². The molecule has 1 aromatic rings. The van der Waals surface area contributed by atoms with Crippen LogP contribution in [0.1, 0.15) is 25.8 Å². The smallest absolute Gasteiger partial charge is 0.143 e. The minimum Gasteiger partial charge on any atom is -0.493 e. The van der Waals surface area contributed by atoms with Crippen molar-refractivity contribution in [3.05, 3.63) is 29.8 Å². The third-order valence-electron chi connectivity index (χ3n) is 3.69. The van der Waals surface area contributed by atoms with Gasteiger partial charge in [0.1, 0.15) is 11.6 Å². The van der Waals surface area contributed by atoms with Gasteiger partial charge in [-0.05, 0) is 36.6 Å². The maximum atomic E-state index is 8.74. The molecule has 0 spiro atoms. The van der Waals surface area contributed by atoms with E-state index in [0.717, 1.165) is 38.4 Å². The van der Waals surface area contributed by atoms with Crippen LogP contribution in [0.4, 0.5) is 0 Å². The van der Waals surface area contributed by atoms with Gasteiger partial charge in [-0.2, -0.15) is 0 Å². The molecule has 0 saturated carbocycles. The summed E-state index contributed by atoms with van der Waals surface area (Å²) < 4.78 is 5.76. The van der Waals surface area contributed by atoms with Crippen LogP contribution in [-0.2, 0) is 6.54 Å². The standard InChI is InChI=1S/C16H25N3O2/c1-12(2)11-21-15-5-3-4-13(8-15)9-19-7-6-14(10-19)16(17)18-20/h3-5,8,12,14,20H,6-7,9-11H2,1-2H3,(H2,17,18)/t14-/m0/s1. The molecule has 2 rings (SSSR count). The third kappa shape index (κ3) is 4.63. The molecule has 0 bridgehead atoms. The fourth-order valence-corrected chi connectivity index (χ4v) is 2.55. The number of ether oxygens (including phenoxy) is 1. The Kier molecular flexibility index (Phi) is 5.44. The zero-order valence-electron chi connectivity index (χ0n) is 12.8. The Bertz CT molecular complexity index is 488. The molecule has 5 heteroatoms. The molecule has 0 aliphatic carbocycles. The molecule has 1 heterocycles. The number of hydrogen-bond acceptors (Lipinski definition) is 4. The van der Waals surface area contributed by atoms with Crippen molar-refractivity contribution < 1.29 is 9.94 Å². The highest BCUT2D eigenvalue weighted by molar-refractivity contribution is 5.82. The second-order valence-corrected chi connectivity index (χ2v) is 6.10. The van der Waals surface area contributed by atoms with E-state index >= 15 is 0 Å². The molecule has 21 heavy (non-hydrogen) atoms. The van der Waals surface area contributed by atoms with Crippen molar-refractivity contribution in [1.29, 1.82) is 0 Å². The lowest BCUT2D eigenvalue weighted by atomic mass is 10.1. The summed E-state index contributed by atoms with van der Waals surface area (Å²) in [4.78, 5) is 2.32. The Morgan fingerprint density at radius 3 is 3.05 bits per heavy atom. The van der Waals surface area contributed by atoms with E-state index in [2.05, 4.69) is 36.0 Å². The fraction of sp³-hybridized carbons (Fsp3) is 0.562. The van der Waals surface area contributed by atoms with Crippen LogP contribution in [0, 0.1) is 11.8 Å². The molecular formula is C16H25N3O2. The summed E-state index contributed by atoms with van der Waals surface area (Å²) in [6.45, 7) is 7.69. The Balaban J connectivity index is 1.90. The summed E-state index contributed by atoms with van der Waals surface area (Å²) in [6, 6.07) is 8.23. The van der Waals surface area contributed by atoms with Crippen molar-refractivity contribution in [2.24, 2.45) is 22.7 Å². The van der Waals surface area contributed by atoms with Gasteiger partial charge in [0.2, 0.25) is 0 Å². The summed E-state index contributed by atoms with van der Waals surface area (Å²) in [7, 11) is 0. The zero-order chi connectivity index (χ0) is 15.2. The summed E-state index contributed by atoms with van der Waals surface area (Å²) in [5.74, 6) is 1.95. The lowest BCUT2D eigenvalue weighted by Gasteiger charge is -2.16. The SMILES string of the molecule is CC(C)COc1cccc(CN2CC[C@H](C(N)=NO)C2)c1. The minimum absolute atomic E-state index is 0.162. The number of nitrogens with two attached hydrogens (primary N) is 1. The zero-order valence-corrected chi connectivity index (χ0v) is 12.8. The van der Waals surface area contributed by atoms with Crippen LogP contribution < -0.4 is 10.5 Å². The summed E-state index contributed by atoms with van der Waals surface area (Å²) >= 11 is 0. The first-order valence-corrected chi connectivity index (χ1v) is 7.50. The van der Waals surface area contributed by atoms with E-state index in [9.17, 15) is 0 Å². The van der Waals surface area contributed by atoms with Crippen molar-refractivity contribution >= 4 is 5.84 Å². The van der Waals surface area contributed by atoms with Gasteiger partial charge in [-0.3, -0.25) is 4.90 Å². The molecule has 5 nitrogen and oxygen atoms in total. The quantitative estimate of drug-likeness (QED) is 0.365. The Morgan fingerprint density at radius 1 is 1.52 bits per heavy atom. The van der Waals surface area contributed by atoms with Crippen molar-refractivity contribution in [3.8, 4) is 5.75 Å². The van der Waals surface area contributed by atoms with E-state index in [-0.39, 0.29) is 5.92 Å². The first-order valence-electron chi connectivity index (χ1n) is 7.50. The third-order valence-corrected chi connectivity index (χ3v) is 3.69. The predicted molar refractivity (Wildman–Crippen MR) is 83.6 cm³/mol. The highest BCUT2D eigenvalue weighted by Crippen LogP contribution is 2.21. The van der Waals surface area contributed by atoms with E-state index in [1.54, 1.807) is 0 Å². The molecule has 3 N–H and O–H groups in total. The molecule has 1 aliphatic rings. The van der Waals surface area contributed by atoms with Crippen LogP contribution in [0.3, 0.4) is 0 Å². The Hall–Kier alpha value is -1.75. The number of nitrogens with zero attached hydrogens (tertiary/aromatic N) is 2. The molecule has 1 aromatic carbocycles. The molecule has 1 aliphatic heterocycles. The van der Waals surface area contributed by atoms with Gasteiger partial charge in [-0.1, -0.05) is 31.1 Å². The monoisotopic (exact) mass is 291 g/mol. The van der Waals surface area contributed by atoms with Crippen LogP contribution >= 0.6 is 0 Å². The first-order chi connectivity index (χ1) is 10.1. The van der Waals surface area contributed by atoms with Crippen molar-refractivity contribution in [3.63, 3.8) is 0 Å². The van der Waals surface area contributed by atoms with Crippen molar-refractivity contribution in [2.45, 2.75) is 26.8 Å². The van der Waals surface area contributed by atoms with Crippen LogP contribution in [0.15, 0.2) is 29.4 Å². The van der Waals surface area contributed by atoms with Gasteiger partial charge in [-0.25, -0.2) is 0 Å². The van der Waals surface area contributed by atoms with E-state index < -0.39 is 0 Å². The van der Waals surface area contributed by atoms with E-state index in [4.69, 9.17) is 15.7 Å². The van der Waals surface area contributed by atoms with Crippen LogP contribution in [0.5, 0.6) is 5.75 Å². The summed E-state index contributed by atoms with van der Waals surface area (Å²) in [6.07, 6.45) is 0.944. The maximum Gasteiger partial charge on any atom is 0.143 e. The predicted octanol–water partition coefficient (Wildman–Crippen LogP) is 2.29. The topological polar surface area (TPSA) is 71.1 Å². The van der Waals surface area contributed by atoms with Gasteiger partial charge in [-0.15, -0.1) is 0 Å². The van der Waals surface area contributed by atoms with Crippen molar-refractivity contribution in [1.82, 2.24) is 4.90 Å². The number of hydrogen-bond donors (Lipinski definition) is 2. The van der Waals surface area contributed by atoms with E-state index in [1.165, 1.54) is 5.56 Å². The second kappa shape index (κ2) is 7.31. The molecule has 0 aromatic heterocycles. The Morgan fingerprint density at radius 2 is 2.33 bits per heavy atom. The average molecular weight is 291 g/mol. The fourth-order valence-electron chi connectivity index (χ4n) is 2.55. The minimum atomic E-state index is 0.162. The molecule has 0 unspecified atom stereocenters. The first kappa shape index (κ1) is 15.6. The van der Waals surface area contributed by atoms with Gasteiger partial charge in [0, 0.05) is 19.0 Å². The number of oxime groups is 1. The molecule has 0 radical (unpaired) electrons. The highest BCUT2D eigenvalue weighted by Gasteiger charge is 2.25. The summed E-state index contributed by atoms with van der Waals surface area (Å²) in [5.41, 5.74) is 6.91. The van der Waals surface area contributed by atoms with Crippen LogP contribution in [0.2, 0.25) is 0 Å². The normalized spacial score (nSPS) is 20.1. The lowest BCUT2D eigenvalue weighted by Crippen LogP contribution is -2.27. The van der Waals surface area contributed by atoms with Crippen LogP contribution in [0.25, 0.3) is 0 Å². The molecule has 1 atom stereocenters. The maximum absolute atomic E-state index is 8.74. The molecule has 1 saturated heterocycles. The number of amidine groups is 1. The molecule has 1 fully saturated rings. The molecular weight excluding hydrogens is 266 g/mol. The van der Waals surface area contributed by atoms with Gasteiger partial charge >= 0.3 is 0 Å². The lowest BCUT2D eigenvalue weighted by molar-refractivity contribution is 0.270. The van der Waals surface area contributed by atoms with Crippen LogP contribution in [-0.4, -0.2) is 35.6 Å². The van der Waals surface area contributed by atoms with Gasteiger partial charge in [0.15, 0.2) is 0 Å². The van der Waals surface area contributed by atoms with Gasteiger partial charge in [0.25, 0.3) is 0 Å². The Labute approximate surface area is 126 Å². The van der Waals surface area contributed by atoms with Gasteiger partial charge < -0.3 is 15.7 Å². The van der Waals surface area contributed by atoms with Crippen molar-refractivity contribution in [2.75, 3.05) is 19.7 Å². The van der Waals surface area contributed by atoms with E-state index in [1.807, 2.05) is 12.1 Å². The number of rotatable bonds is 6. The summed E-state index contributed by atoms with van der Waals surface area (Å²) in [5, 5.41) is 11.9. The van der Waals surface area contributed by atoms with Gasteiger partial charge in [0.05, 0.1) is 6.61 Å². The molecule has 0 amide bonds. The number of likely N-dealkylation sites (tertiary alicyclic amines) is 1. The second-order valence-electron chi connectivity index (χ2n) is 6.10. The number of benzene rings is 1. The largest absolute Gasteiger partial charge is 0.493 e. The molecule has 116 valence electrons. The average Bonchev–Trinajstić information content (AvgIpc) is 2.93. The highest BCUT2D eigenvalue weighted by atomic mass is 16.5.